The Hall–Kier alpha value is -3.19. The molecule has 3 aliphatic rings. The molecule has 3 fully saturated rings. The third-order valence-corrected chi connectivity index (χ3v) is 8.26. The van der Waals surface area contributed by atoms with Gasteiger partial charge in [0.25, 0.3) is 0 Å². The number of amides is 1. The Morgan fingerprint density at radius 2 is 2.16 bits per heavy atom. The maximum atomic E-state index is 13.8. The summed E-state index contributed by atoms with van der Waals surface area (Å²) in [5, 5.41) is 9.36. The molecule has 0 radical (unpaired) electrons. The predicted octanol–water partition coefficient (Wildman–Crippen LogP) is 2.75. The molecule has 32 heavy (non-hydrogen) atoms. The van der Waals surface area contributed by atoms with Gasteiger partial charge in [-0.2, -0.15) is 5.26 Å². The van der Waals surface area contributed by atoms with Crippen LogP contribution in [0.25, 0.3) is 5.83 Å². The number of nitrogens with zero attached hydrogens (tertiary/aromatic N) is 6. The molecule has 5 heterocycles. The summed E-state index contributed by atoms with van der Waals surface area (Å²) >= 11 is 1.78. The zero-order valence-electron chi connectivity index (χ0n) is 17.3. The summed E-state index contributed by atoms with van der Waals surface area (Å²) < 4.78 is 13.3. The largest absolute Gasteiger partial charge is 0.402 e. The summed E-state index contributed by atoms with van der Waals surface area (Å²) in [5.41, 5.74) is 6.69. The average molecular weight is 452 g/mol. The van der Waals surface area contributed by atoms with Gasteiger partial charge in [0.1, 0.15) is 16.6 Å². The van der Waals surface area contributed by atoms with Crippen LogP contribution < -0.4 is 10.6 Å². The topological polar surface area (TPSA) is 112 Å². The van der Waals surface area contributed by atoms with E-state index in [2.05, 4.69) is 25.9 Å². The Bertz CT molecular complexity index is 1130. The van der Waals surface area contributed by atoms with E-state index in [4.69, 9.17) is 5.73 Å². The number of hydrogen-bond donors (Lipinski definition) is 1. The molecule has 0 aromatic carbocycles. The molecular formula is C22H22FN7OS. The maximum Gasteiger partial charge on any atom is 0.240 e. The number of piperidine rings is 1. The first-order chi connectivity index (χ1) is 15.5. The zero-order valence-corrected chi connectivity index (χ0v) is 18.1. The lowest BCUT2D eigenvalue weighted by atomic mass is 9.93. The lowest BCUT2D eigenvalue weighted by molar-refractivity contribution is -0.134. The number of hydrogen-bond acceptors (Lipinski definition) is 8. The third kappa shape index (κ3) is 3.37. The molecule has 0 bridgehead atoms. The molecule has 2 aromatic rings. The fourth-order valence-electron chi connectivity index (χ4n) is 4.89. The van der Waals surface area contributed by atoms with Crippen molar-refractivity contribution in [3.63, 3.8) is 0 Å². The van der Waals surface area contributed by atoms with Crippen molar-refractivity contribution in [3.05, 3.63) is 53.9 Å². The number of anilines is 1. The van der Waals surface area contributed by atoms with Gasteiger partial charge in [0.05, 0.1) is 17.0 Å². The van der Waals surface area contributed by atoms with Crippen LogP contribution in [0.1, 0.15) is 48.7 Å². The molecular weight excluding hydrogens is 429 g/mol. The molecule has 2 aromatic heterocycles. The zero-order chi connectivity index (χ0) is 22.3. The Morgan fingerprint density at radius 3 is 2.91 bits per heavy atom. The van der Waals surface area contributed by atoms with Crippen molar-refractivity contribution in [2.45, 2.75) is 41.8 Å². The van der Waals surface area contributed by atoms with E-state index in [0.717, 1.165) is 24.6 Å². The van der Waals surface area contributed by atoms with E-state index in [1.807, 2.05) is 11.0 Å². The minimum atomic E-state index is -0.663. The number of nitrogens with two attached hydrogens (primary N) is 1. The van der Waals surface area contributed by atoms with Crippen molar-refractivity contribution < 1.29 is 9.18 Å². The summed E-state index contributed by atoms with van der Waals surface area (Å²) in [6.07, 6.45) is 8.88. The van der Waals surface area contributed by atoms with E-state index in [9.17, 15) is 14.4 Å². The van der Waals surface area contributed by atoms with Crippen LogP contribution in [0, 0.1) is 11.3 Å². The number of aromatic nitrogens is 3. The summed E-state index contributed by atoms with van der Waals surface area (Å²) in [6, 6.07) is 5.69. The van der Waals surface area contributed by atoms with Crippen molar-refractivity contribution >= 4 is 29.3 Å². The molecule has 2 N–H and O–H groups in total. The first kappa shape index (κ1) is 20.7. The van der Waals surface area contributed by atoms with Crippen molar-refractivity contribution in [3.8, 4) is 6.07 Å². The molecule has 1 spiro atoms. The lowest BCUT2D eigenvalue weighted by Crippen LogP contribution is -2.48. The predicted molar refractivity (Wildman–Crippen MR) is 119 cm³/mol. The van der Waals surface area contributed by atoms with Gasteiger partial charge in [-0.3, -0.25) is 9.78 Å². The molecule has 1 amide bonds. The fraction of sp³-hybridized carbons (Fsp3) is 0.409. The number of rotatable bonds is 3. The Labute approximate surface area is 189 Å². The SMILES string of the molecule is N#Cc1cncc(C2CCC3SC4(CCN(c5ccnc(/C(F)=C\N)n5)CC4)C(=O)N32)c1. The Morgan fingerprint density at radius 1 is 1.34 bits per heavy atom. The van der Waals surface area contributed by atoms with E-state index < -0.39 is 10.6 Å². The first-order valence-electron chi connectivity index (χ1n) is 10.6. The van der Waals surface area contributed by atoms with Crippen LogP contribution in [0.3, 0.4) is 0 Å². The van der Waals surface area contributed by atoms with E-state index in [1.165, 1.54) is 6.20 Å². The number of nitriles is 1. The van der Waals surface area contributed by atoms with Gasteiger partial charge in [0, 0.05) is 37.9 Å². The van der Waals surface area contributed by atoms with E-state index in [0.29, 0.717) is 37.3 Å². The Balaban J connectivity index is 1.32. The molecule has 3 saturated heterocycles. The standard InChI is InChI=1S/C22H22FN7OS/c23-16(11-25)20-27-6-3-18(28-20)29-7-4-22(5-8-29)21(31)30-17(1-2-19(30)32-22)15-9-14(10-24)12-26-13-15/h3,6,9,11-13,17,19H,1-2,4-5,7-8,25H2/b16-11+. The summed E-state index contributed by atoms with van der Waals surface area (Å²) in [4.78, 5) is 30.1. The molecule has 8 nitrogen and oxygen atoms in total. The van der Waals surface area contributed by atoms with E-state index in [-0.39, 0.29) is 23.1 Å². The highest BCUT2D eigenvalue weighted by molar-refractivity contribution is 8.02. The minimum Gasteiger partial charge on any atom is -0.402 e. The maximum absolute atomic E-state index is 13.8. The van der Waals surface area contributed by atoms with Gasteiger partial charge >= 0.3 is 0 Å². The highest BCUT2D eigenvalue weighted by Crippen LogP contribution is 2.55. The molecule has 5 rings (SSSR count). The van der Waals surface area contributed by atoms with Gasteiger partial charge in [0.2, 0.25) is 5.91 Å². The molecule has 0 saturated carbocycles. The van der Waals surface area contributed by atoms with E-state index >= 15 is 0 Å². The summed E-state index contributed by atoms with van der Waals surface area (Å²) in [5.74, 6) is 0.115. The van der Waals surface area contributed by atoms with Crippen molar-refractivity contribution in [2.24, 2.45) is 5.73 Å². The minimum absolute atomic E-state index is 0.0337. The molecule has 10 heteroatoms. The van der Waals surface area contributed by atoms with Gasteiger partial charge in [-0.15, -0.1) is 11.8 Å². The monoisotopic (exact) mass is 451 g/mol. The lowest BCUT2D eigenvalue weighted by Gasteiger charge is -2.38. The van der Waals surface area contributed by atoms with Crippen LogP contribution in [0.15, 0.2) is 36.9 Å². The third-order valence-electron chi connectivity index (χ3n) is 6.49. The van der Waals surface area contributed by atoms with E-state index in [1.54, 1.807) is 30.2 Å². The van der Waals surface area contributed by atoms with Crippen molar-refractivity contribution in [1.29, 1.82) is 5.26 Å². The van der Waals surface area contributed by atoms with Crippen LogP contribution in [-0.4, -0.2) is 49.0 Å². The second kappa shape index (κ2) is 8.06. The Kier molecular flexibility index (Phi) is 5.21. The van der Waals surface area contributed by atoms with Gasteiger partial charge in [-0.25, -0.2) is 14.4 Å². The summed E-state index contributed by atoms with van der Waals surface area (Å²) in [6.45, 7) is 1.31. The van der Waals surface area contributed by atoms with Crippen LogP contribution in [0.4, 0.5) is 10.2 Å². The van der Waals surface area contributed by atoms with Crippen LogP contribution >= 0.6 is 11.8 Å². The molecule has 2 atom stereocenters. The smallest absolute Gasteiger partial charge is 0.240 e. The molecule has 2 unspecified atom stereocenters. The number of halogens is 1. The second-order valence-corrected chi connectivity index (χ2v) is 9.79. The highest BCUT2D eigenvalue weighted by Gasteiger charge is 2.57. The fourth-order valence-corrected chi connectivity index (χ4v) is 6.64. The van der Waals surface area contributed by atoms with Gasteiger partial charge < -0.3 is 15.5 Å². The van der Waals surface area contributed by atoms with Gasteiger partial charge in [-0.05, 0) is 43.4 Å². The average Bonchev–Trinajstić information content (AvgIpc) is 3.37. The van der Waals surface area contributed by atoms with Crippen LogP contribution in [0.2, 0.25) is 0 Å². The molecule has 3 aliphatic heterocycles. The number of carbonyl (C=O) groups is 1. The number of carbonyl (C=O) groups excluding carboxylic acids is 1. The van der Waals surface area contributed by atoms with Gasteiger partial charge in [0.15, 0.2) is 11.7 Å². The number of thioether (sulfide) groups is 1. The molecule has 0 aliphatic carbocycles. The second-order valence-electron chi connectivity index (χ2n) is 8.23. The van der Waals surface area contributed by atoms with Crippen molar-refractivity contribution in [1.82, 2.24) is 19.9 Å². The first-order valence-corrected chi connectivity index (χ1v) is 11.4. The van der Waals surface area contributed by atoms with Crippen LogP contribution in [0.5, 0.6) is 0 Å². The van der Waals surface area contributed by atoms with Crippen molar-refractivity contribution in [2.75, 3.05) is 18.0 Å². The normalized spacial score (nSPS) is 24.6. The number of fused-ring (bicyclic) bond motifs is 1. The molecule has 164 valence electrons. The quantitative estimate of drug-likeness (QED) is 0.758. The van der Waals surface area contributed by atoms with Gasteiger partial charge in [-0.1, -0.05) is 0 Å². The van der Waals surface area contributed by atoms with Crippen LogP contribution in [-0.2, 0) is 4.79 Å². The highest BCUT2D eigenvalue weighted by atomic mass is 32.2. The summed E-state index contributed by atoms with van der Waals surface area (Å²) in [7, 11) is 0. The number of pyridine rings is 1.